The van der Waals surface area contributed by atoms with Gasteiger partial charge in [-0.2, -0.15) is 13.2 Å². The van der Waals surface area contributed by atoms with Gasteiger partial charge in [0, 0.05) is 34.6 Å². The van der Waals surface area contributed by atoms with E-state index in [1.54, 1.807) is 26.1 Å². The van der Waals surface area contributed by atoms with Crippen LogP contribution in [-0.4, -0.2) is 32.9 Å². The van der Waals surface area contributed by atoms with Crippen LogP contribution in [-0.2, 0) is 11.0 Å². The summed E-state index contributed by atoms with van der Waals surface area (Å²) in [5.41, 5.74) is 1.40. The maximum atomic E-state index is 13.0. The van der Waals surface area contributed by atoms with Crippen LogP contribution in [0.15, 0.2) is 30.7 Å². The molecule has 33 heavy (non-hydrogen) atoms. The molecule has 2 amide bonds. The fourth-order valence-corrected chi connectivity index (χ4v) is 3.93. The van der Waals surface area contributed by atoms with E-state index in [-0.39, 0.29) is 11.5 Å². The van der Waals surface area contributed by atoms with Crippen LogP contribution < -0.4 is 15.4 Å². The smallest absolute Gasteiger partial charge is 0.451 e. The molecule has 0 saturated carbocycles. The molecule has 3 aromatic rings. The number of anilines is 1. The number of amides is 2. The van der Waals surface area contributed by atoms with Gasteiger partial charge in [-0.3, -0.25) is 9.59 Å². The van der Waals surface area contributed by atoms with Crippen LogP contribution in [0.25, 0.3) is 10.6 Å². The Kier molecular flexibility index (Phi) is 5.78. The molecule has 2 N–H and O–H groups in total. The Labute approximate surface area is 190 Å². The SMILES string of the molecule is Cc1cnc(-c2cc(C(=O)NC(C)c3cnc(C(F)(F)F)nc3)cc3c2OC(C)C(=O)N3)s1. The number of rotatable bonds is 4. The van der Waals surface area contributed by atoms with E-state index < -0.39 is 30.1 Å². The highest BCUT2D eigenvalue weighted by atomic mass is 32.1. The molecule has 4 rings (SSSR count). The van der Waals surface area contributed by atoms with Crippen molar-refractivity contribution in [1.29, 1.82) is 0 Å². The molecule has 12 heteroatoms. The van der Waals surface area contributed by atoms with Crippen molar-refractivity contribution in [2.75, 3.05) is 5.32 Å². The summed E-state index contributed by atoms with van der Waals surface area (Å²) < 4.78 is 43.8. The quantitative estimate of drug-likeness (QED) is 0.585. The highest BCUT2D eigenvalue weighted by molar-refractivity contribution is 7.15. The van der Waals surface area contributed by atoms with E-state index in [1.807, 2.05) is 6.92 Å². The van der Waals surface area contributed by atoms with Crippen molar-refractivity contribution in [2.24, 2.45) is 0 Å². The number of hydrogen-bond donors (Lipinski definition) is 2. The number of nitrogens with zero attached hydrogens (tertiary/aromatic N) is 3. The average Bonchev–Trinajstić information content (AvgIpc) is 3.19. The van der Waals surface area contributed by atoms with Gasteiger partial charge < -0.3 is 15.4 Å². The van der Waals surface area contributed by atoms with Gasteiger partial charge in [0.05, 0.1) is 17.3 Å². The molecular formula is C21H18F3N5O3S. The van der Waals surface area contributed by atoms with Crippen LogP contribution in [0.3, 0.4) is 0 Å². The predicted octanol–water partition coefficient (Wildman–Crippen LogP) is 4.14. The molecule has 2 aromatic heterocycles. The Balaban J connectivity index is 1.63. The number of carbonyl (C=O) groups is 2. The molecule has 0 spiro atoms. The molecule has 0 bridgehead atoms. The molecule has 0 aliphatic carbocycles. The van der Waals surface area contributed by atoms with Crippen LogP contribution in [0.4, 0.5) is 18.9 Å². The summed E-state index contributed by atoms with van der Waals surface area (Å²) in [6.45, 7) is 5.10. The van der Waals surface area contributed by atoms with Crippen LogP contribution in [0, 0.1) is 6.92 Å². The number of nitrogens with one attached hydrogen (secondary N) is 2. The number of fused-ring (bicyclic) bond motifs is 1. The average molecular weight is 477 g/mol. The van der Waals surface area contributed by atoms with Crippen molar-refractivity contribution < 1.29 is 27.5 Å². The zero-order chi connectivity index (χ0) is 23.9. The van der Waals surface area contributed by atoms with Gasteiger partial charge in [-0.1, -0.05) is 0 Å². The Morgan fingerprint density at radius 3 is 2.52 bits per heavy atom. The molecule has 8 nitrogen and oxygen atoms in total. The zero-order valence-corrected chi connectivity index (χ0v) is 18.5. The van der Waals surface area contributed by atoms with Crippen molar-refractivity contribution in [3.63, 3.8) is 0 Å². The van der Waals surface area contributed by atoms with Crippen LogP contribution in [0.2, 0.25) is 0 Å². The van der Waals surface area contributed by atoms with Crippen molar-refractivity contribution in [2.45, 2.75) is 39.1 Å². The van der Waals surface area contributed by atoms with Gasteiger partial charge >= 0.3 is 6.18 Å². The second-order valence-corrected chi connectivity index (χ2v) is 8.69. The van der Waals surface area contributed by atoms with Crippen molar-refractivity contribution >= 4 is 28.8 Å². The summed E-state index contributed by atoms with van der Waals surface area (Å²) >= 11 is 1.41. The molecule has 172 valence electrons. The summed E-state index contributed by atoms with van der Waals surface area (Å²) in [7, 11) is 0. The molecule has 2 atom stereocenters. The lowest BCUT2D eigenvalue weighted by Gasteiger charge is -2.26. The topological polar surface area (TPSA) is 106 Å². The van der Waals surface area contributed by atoms with Gasteiger partial charge in [-0.15, -0.1) is 11.3 Å². The maximum Gasteiger partial charge on any atom is 0.451 e. The lowest BCUT2D eigenvalue weighted by Crippen LogP contribution is -2.35. The Morgan fingerprint density at radius 2 is 1.91 bits per heavy atom. The zero-order valence-electron chi connectivity index (χ0n) is 17.6. The number of aryl methyl sites for hydroxylation is 1. The molecule has 1 aliphatic rings. The number of hydrogen-bond acceptors (Lipinski definition) is 7. The third-order valence-electron chi connectivity index (χ3n) is 4.90. The molecule has 0 saturated heterocycles. The van der Waals surface area contributed by atoms with Crippen molar-refractivity contribution in [1.82, 2.24) is 20.3 Å². The van der Waals surface area contributed by atoms with Gasteiger partial charge in [0.15, 0.2) is 11.9 Å². The third-order valence-corrected chi connectivity index (χ3v) is 5.84. The molecule has 0 fully saturated rings. The van der Waals surface area contributed by atoms with Crippen molar-refractivity contribution in [3.05, 3.63) is 52.6 Å². The first-order valence-electron chi connectivity index (χ1n) is 9.81. The van der Waals surface area contributed by atoms with Gasteiger partial charge in [0.25, 0.3) is 11.8 Å². The van der Waals surface area contributed by atoms with Gasteiger partial charge in [0.1, 0.15) is 5.01 Å². The first kappa shape index (κ1) is 22.6. The summed E-state index contributed by atoms with van der Waals surface area (Å²) in [5.74, 6) is -1.70. The molecule has 1 aliphatic heterocycles. The van der Waals surface area contributed by atoms with E-state index in [0.29, 0.717) is 27.6 Å². The lowest BCUT2D eigenvalue weighted by molar-refractivity contribution is -0.145. The highest BCUT2D eigenvalue weighted by Gasteiger charge is 2.34. The highest BCUT2D eigenvalue weighted by Crippen LogP contribution is 2.42. The van der Waals surface area contributed by atoms with Crippen LogP contribution in [0.1, 0.15) is 46.5 Å². The number of aromatic nitrogens is 3. The summed E-state index contributed by atoms with van der Waals surface area (Å²) in [4.78, 5) is 37.0. The van der Waals surface area contributed by atoms with E-state index in [4.69, 9.17) is 4.74 Å². The monoisotopic (exact) mass is 477 g/mol. The molecule has 3 heterocycles. The minimum atomic E-state index is -4.65. The summed E-state index contributed by atoms with van der Waals surface area (Å²) in [6.07, 6.45) is -1.63. The summed E-state index contributed by atoms with van der Waals surface area (Å²) in [5, 5.41) is 6.06. The van der Waals surface area contributed by atoms with E-state index in [0.717, 1.165) is 17.3 Å². The van der Waals surface area contributed by atoms with E-state index in [2.05, 4.69) is 25.6 Å². The first-order valence-corrected chi connectivity index (χ1v) is 10.6. The molecule has 1 aromatic carbocycles. The molecule has 0 radical (unpaired) electrons. The van der Waals surface area contributed by atoms with Crippen LogP contribution in [0.5, 0.6) is 5.75 Å². The minimum Gasteiger partial charge on any atom is -0.478 e. The van der Waals surface area contributed by atoms with Crippen molar-refractivity contribution in [3.8, 4) is 16.3 Å². The Morgan fingerprint density at radius 1 is 1.21 bits per heavy atom. The predicted molar refractivity (Wildman–Crippen MR) is 114 cm³/mol. The van der Waals surface area contributed by atoms with Gasteiger partial charge in [-0.25, -0.2) is 15.0 Å². The fraction of sp³-hybridized carbons (Fsp3) is 0.286. The van der Waals surface area contributed by atoms with E-state index >= 15 is 0 Å². The van der Waals surface area contributed by atoms with Gasteiger partial charge in [-0.05, 0) is 32.9 Å². The number of ether oxygens (including phenoxy) is 1. The number of halogens is 3. The van der Waals surface area contributed by atoms with E-state index in [1.165, 1.54) is 17.4 Å². The largest absolute Gasteiger partial charge is 0.478 e. The Hall–Kier alpha value is -3.54. The minimum absolute atomic E-state index is 0.217. The third kappa shape index (κ3) is 4.65. The molecular weight excluding hydrogens is 459 g/mol. The second kappa shape index (κ2) is 8.43. The van der Waals surface area contributed by atoms with Crippen LogP contribution >= 0.6 is 11.3 Å². The maximum absolute atomic E-state index is 13.0. The summed E-state index contributed by atoms with van der Waals surface area (Å²) in [6, 6.07) is 2.41. The number of alkyl halides is 3. The normalized spacial score (nSPS) is 16.4. The van der Waals surface area contributed by atoms with E-state index in [9.17, 15) is 22.8 Å². The first-order chi connectivity index (χ1) is 15.5. The van der Waals surface area contributed by atoms with Gasteiger partial charge in [0.2, 0.25) is 5.82 Å². The Bertz CT molecular complexity index is 1230. The number of carbonyl (C=O) groups excluding carboxylic acids is 2. The fourth-order valence-electron chi connectivity index (χ4n) is 3.15. The molecule has 2 unspecified atom stereocenters. The number of thiazole rings is 1. The lowest BCUT2D eigenvalue weighted by atomic mass is 10.0. The standard InChI is InChI=1S/C21H18F3N5O3S/c1-9-6-25-19(33-9)14-4-12(5-15-16(14)32-11(3)17(30)29-15)18(31)28-10(2)13-7-26-20(27-8-13)21(22,23)24/h4-8,10-11H,1-3H3,(H,28,31)(H,29,30). The second-order valence-electron chi connectivity index (χ2n) is 7.46. The number of benzene rings is 1.